The summed E-state index contributed by atoms with van der Waals surface area (Å²) in [6.07, 6.45) is 2.36. The number of aromatic carboxylic acids is 1. The van der Waals surface area contributed by atoms with Gasteiger partial charge in [0, 0.05) is 18.7 Å². The Labute approximate surface area is 247 Å². The van der Waals surface area contributed by atoms with Gasteiger partial charge in [0.15, 0.2) is 0 Å². The van der Waals surface area contributed by atoms with Crippen molar-refractivity contribution in [1.29, 1.82) is 0 Å². The van der Waals surface area contributed by atoms with Crippen molar-refractivity contribution in [2.75, 3.05) is 33.8 Å². The van der Waals surface area contributed by atoms with E-state index in [1.807, 2.05) is 49.3 Å². The Morgan fingerprint density at radius 3 is 2.41 bits per heavy atom. The molecular formula is C29H26Cl2N2O4S2. The molecule has 1 heterocycles. The van der Waals surface area contributed by atoms with Gasteiger partial charge in [0.05, 0.1) is 20.5 Å². The lowest BCUT2D eigenvalue weighted by molar-refractivity contribution is -0.122. The molecule has 202 valence electrons. The quantitative estimate of drug-likeness (QED) is 0.204. The molecule has 0 bridgehead atoms. The number of amides is 1. The minimum absolute atomic E-state index is 0.175. The number of thioether (sulfide) groups is 1. The molecule has 6 nitrogen and oxygen atoms in total. The molecule has 1 saturated heterocycles. The molecule has 1 aliphatic rings. The van der Waals surface area contributed by atoms with Crippen LogP contribution in [0.25, 0.3) is 17.2 Å². The molecular weight excluding hydrogens is 575 g/mol. The van der Waals surface area contributed by atoms with E-state index in [0.29, 0.717) is 44.6 Å². The van der Waals surface area contributed by atoms with Gasteiger partial charge in [0.25, 0.3) is 5.91 Å². The van der Waals surface area contributed by atoms with Crippen molar-refractivity contribution in [3.8, 4) is 16.9 Å². The maximum Gasteiger partial charge on any atom is 0.335 e. The van der Waals surface area contributed by atoms with E-state index in [1.165, 1.54) is 11.8 Å². The molecule has 0 saturated carbocycles. The standard InChI is InChI=1S/C29H26Cl2N2O4S2/c1-32(2)13-14-37-25-10-8-20(21-7-9-23(30)24(31)16-21)15-22(25)17-26-27(34)33(29(38)39-26)12-11-18-3-5-19(6-4-18)28(35)36/h3-10,15-17H,11-14H2,1-2H3,(H,35,36). The third-order valence-corrected chi connectivity index (χ3v) is 8.16. The Hall–Kier alpha value is -2.88. The second-order valence-corrected chi connectivity index (χ2v) is 11.6. The van der Waals surface area contributed by atoms with Gasteiger partial charge in [-0.15, -0.1) is 0 Å². The molecule has 3 aromatic rings. The van der Waals surface area contributed by atoms with Gasteiger partial charge >= 0.3 is 5.97 Å². The topological polar surface area (TPSA) is 70.1 Å². The normalized spacial score (nSPS) is 14.5. The summed E-state index contributed by atoms with van der Waals surface area (Å²) in [7, 11) is 3.95. The van der Waals surface area contributed by atoms with E-state index < -0.39 is 5.97 Å². The lowest BCUT2D eigenvalue weighted by Gasteiger charge is -2.15. The third-order valence-electron chi connectivity index (χ3n) is 6.04. The second-order valence-electron chi connectivity index (χ2n) is 9.12. The van der Waals surface area contributed by atoms with Gasteiger partial charge in [-0.1, -0.05) is 71.4 Å². The highest BCUT2D eigenvalue weighted by Gasteiger charge is 2.32. The van der Waals surface area contributed by atoms with Crippen LogP contribution in [0.2, 0.25) is 10.0 Å². The third kappa shape index (κ3) is 7.41. The zero-order valence-electron chi connectivity index (χ0n) is 21.3. The van der Waals surface area contributed by atoms with E-state index in [1.54, 1.807) is 41.3 Å². The van der Waals surface area contributed by atoms with Crippen LogP contribution < -0.4 is 4.74 Å². The summed E-state index contributed by atoms with van der Waals surface area (Å²) < 4.78 is 6.55. The molecule has 1 N–H and O–H groups in total. The summed E-state index contributed by atoms with van der Waals surface area (Å²) in [5.74, 6) is -0.493. The molecule has 10 heteroatoms. The van der Waals surface area contributed by atoms with Gasteiger partial charge in [-0.25, -0.2) is 4.79 Å². The number of hydrogen-bond acceptors (Lipinski definition) is 6. The summed E-state index contributed by atoms with van der Waals surface area (Å²) >= 11 is 19.1. The van der Waals surface area contributed by atoms with Crippen LogP contribution in [-0.4, -0.2) is 64.9 Å². The number of carboxylic acid groups (broad SMARTS) is 1. The Bertz CT molecular complexity index is 1440. The number of carboxylic acids is 1. The van der Waals surface area contributed by atoms with Crippen molar-refractivity contribution in [2.24, 2.45) is 0 Å². The number of benzene rings is 3. The van der Waals surface area contributed by atoms with E-state index >= 15 is 0 Å². The van der Waals surface area contributed by atoms with E-state index in [0.717, 1.165) is 28.8 Å². The van der Waals surface area contributed by atoms with E-state index in [2.05, 4.69) is 0 Å². The predicted octanol–water partition coefficient (Wildman–Crippen LogP) is 6.74. The van der Waals surface area contributed by atoms with Gasteiger partial charge in [0.2, 0.25) is 0 Å². The van der Waals surface area contributed by atoms with Crippen molar-refractivity contribution in [2.45, 2.75) is 6.42 Å². The highest BCUT2D eigenvalue weighted by atomic mass is 35.5. The van der Waals surface area contributed by atoms with E-state index in [-0.39, 0.29) is 11.5 Å². The summed E-state index contributed by atoms with van der Waals surface area (Å²) in [5, 5.41) is 10.0. The van der Waals surface area contributed by atoms with Gasteiger partial charge in [-0.2, -0.15) is 0 Å². The molecule has 0 spiro atoms. The van der Waals surface area contributed by atoms with Crippen LogP contribution >= 0.6 is 47.2 Å². The summed E-state index contributed by atoms with van der Waals surface area (Å²) in [6.45, 7) is 1.62. The predicted molar refractivity (Wildman–Crippen MR) is 163 cm³/mol. The molecule has 3 aromatic carbocycles. The van der Waals surface area contributed by atoms with E-state index in [9.17, 15) is 9.59 Å². The lowest BCUT2D eigenvalue weighted by atomic mass is 10.0. The minimum Gasteiger partial charge on any atom is -0.492 e. The van der Waals surface area contributed by atoms with Crippen molar-refractivity contribution < 1.29 is 19.4 Å². The maximum absolute atomic E-state index is 13.3. The maximum atomic E-state index is 13.3. The van der Waals surface area contributed by atoms with Crippen LogP contribution in [0.15, 0.2) is 65.6 Å². The van der Waals surface area contributed by atoms with Crippen molar-refractivity contribution >= 4 is 69.5 Å². The smallest absolute Gasteiger partial charge is 0.335 e. The Balaban J connectivity index is 1.57. The molecule has 1 aliphatic heterocycles. The summed E-state index contributed by atoms with van der Waals surface area (Å²) in [6, 6.07) is 17.9. The Kier molecular flexibility index (Phi) is 9.69. The van der Waals surface area contributed by atoms with Gasteiger partial charge < -0.3 is 14.7 Å². The number of carbonyl (C=O) groups excluding carboxylic acids is 1. The molecule has 4 rings (SSSR count). The highest BCUT2D eigenvalue weighted by Crippen LogP contribution is 2.37. The zero-order valence-corrected chi connectivity index (χ0v) is 24.5. The fraction of sp³-hybridized carbons (Fsp3) is 0.207. The molecule has 0 aliphatic carbocycles. The number of ether oxygens (including phenoxy) is 1. The Morgan fingerprint density at radius 1 is 1.05 bits per heavy atom. The van der Waals surface area contributed by atoms with E-state index in [4.69, 9.17) is 45.3 Å². The number of carbonyl (C=O) groups is 2. The van der Waals surface area contributed by atoms with Gasteiger partial charge in [-0.3, -0.25) is 9.69 Å². The SMILES string of the molecule is CN(C)CCOc1ccc(-c2ccc(Cl)c(Cl)c2)cc1C=C1SC(=S)N(CCc2ccc(C(=O)O)cc2)C1=O. The highest BCUT2D eigenvalue weighted by molar-refractivity contribution is 8.26. The van der Waals surface area contributed by atoms with Crippen LogP contribution in [0.1, 0.15) is 21.5 Å². The molecule has 1 fully saturated rings. The first kappa shape index (κ1) is 29.1. The number of nitrogens with zero attached hydrogens (tertiary/aromatic N) is 2. The number of rotatable bonds is 10. The zero-order chi connectivity index (χ0) is 28.1. The second kappa shape index (κ2) is 13.0. The largest absolute Gasteiger partial charge is 0.492 e. The monoisotopic (exact) mass is 600 g/mol. The fourth-order valence-corrected chi connectivity index (χ4v) is 5.47. The molecule has 0 radical (unpaired) electrons. The number of likely N-dealkylation sites (N-methyl/N-ethyl adjacent to an activating group) is 1. The van der Waals surface area contributed by atoms with Gasteiger partial charge in [0.1, 0.15) is 16.7 Å². The summed E-state index contributed by atoms with van der Waals surface area (Å²) in [5.41, 5.74) is 3.69. The first-order valence-electron chi connectivity index (χ1n) is 12.1. The van der Waals surface area contributed by atoms with Crippen LogP contribution in [0.5, 0.6) is 5.75 Å². The molecule has 1 amide bonds. The molecule has 39 heavy (non-hydrogen) atoms. The lowest BCUT2D eigenvalue weighted by Crippen LogP contribution is -2.30. The van der Waals surface area contributed by atoms with Crippen molar-refractivity contribution in [1.82, 2.24) is 9.80 Å². The molecule has 0 aromatic heterocycles. The van der Waals surface area contributed by atoms with Crippen LogP contribution in [0.3, 0.4) is 0 Å². The average molecular weight is 602 g/mol. The first-order chi connectivity index (χ1) is 18.6. The molecule has 0 atom stereocenters. The average Bonchev–Trinajstić information content (AvgIpc) is 3.16. The first-order valence-corrected chi connectivity index (χ1v) is 14.0. The summed E-state index contributed by atoms with van der Waals surface area (Å²) in [4.78, 5) is 28.5. The molecule has 0 unspecified atom stereocenters. The Morgan fingerprint density at radius 2 is 1.74 bits per heavy atom. The van der Waals surface area contributed by atoms with Crippen LogP contribution in [-0.2, 0) is 11.2 Å². The van der Waals surface area contributed by atoms with Crippen molar-refractivity contribution in [3.63, 3.8) is 0 Å². The van der Waals surface area contributed by atoms with Gasteiger partial charge in [-0.05, 0) is 79.7 Å². The number of hydrogen-bond donors (Lipinski definition) is 1. The fourth-order valence-electron chi connectivity index (χ4n) is 3.88. The van der Waals surface area contributed by atoms with Crippen molar-refractivity contribution in [3.05, 3.63) is 92.3 Å². The minimum atomic E-state index is -0.975. The van der Waals surface area contributed by atoms with Crippen LogP contribution in [0.4, 0.5) is 0 Å². The number of thiocarbonyl (C=S) groups is 1. The number of halogens is 2. The van der Waals surface area contributed by atoms with Crippen LogP contribution in [0, 0.1) is 0 Å².